The number of hydrogen-bond acceptors (Lipinski definition) is 3. The largest absolute Gasteiger partial charge is 0.481 e. The number of aliphatic carboxylic acids is 1. The highest BCUT2D eigenvalue weighted by atomic mass is 16.4. The van der Waals surface area contributed by atoms with Crippen LogP contribution in [0.5, 0.6) is 0 Å². The molecule has 4 rings (SSSR count). The van der Waals surface area contributed by atoms with Crippen LogP contribution in [0.15, 0.2) is 0 Å². The number of hydrogen-bond donors (Lipinski definition) is 3. The van der Waals surface area contributed by atoms with Gasteiger partial charge in [-0.3, -0.25) is 4.79 Å². The minimum absolute atomic E-state index is 0.172. The number of aliphatic hydroxyl groups is 2. The first-order valence-corrected chi connectivity index (χ1v) is 11.4. The van der Waals surface area contributed by atoms with E-state index in [0.29, 0.717) is 46.8 Å². The zero-order valence-corrected chi connectivity index (χ0v) is 17.0. The second-order valence-electron chi connectivity index (χ2n) is 10.7. The van der Waals surface area contributed by atoms with Crippen molar-refractivity contribution >= 4 is 5.97 Å². The molecule has 4 nitrogen and oxygen atoms in total. The molecule has 3 N–H and O–H groups in total. The molecule has 4 aliphatic rings. The number of carboxylic acids is 1. The van der Waals surface area contributed by atoms with Gasteiger partial charge in [0.05, 0.1) is 12.2 Å². The van der Waals surface area contributed by atoms with Gasteiger partial charge >= 0.3 is 5.97 Å². The lowest BCUT2D eigenvalue weighted by Gasteiger charge is -2.60. The summed E-state index contributed by atoms with van der Waals surface area (Å²) in [6, 6.07) is 0. The third kappa shape index (κ3) is 3.35. The highest BCUT2D eigenvalue weighted by Crippen LogP contribution is 2.64. The Morgan fingerprint density at radius 3 is 2.56 bits per heavy atom. The van der Waals surface area contributed by atoms with E-state index in [0.717, 1.165) is 32.1 Å². The van der Waals surface area contributed by atoms with Crippen molar-refractivity contribution in [2.45, 2.75) is 90.3 Å². The average molecular weight is 379 g/mol. The first-order valence-electron chi connectivity index (χ1n) is 11.4. The predicted molar refractivity (Wildman–Crippen MR) is 104 cm³/mol. The van der Waals surface area contributed by atoms with E-state index in [1.54, 1.807) is 0 Å². The first-order chi connectivity index (χ1) is 12.8. The summed E-state index contributed by atoms with van der Waals surface area (Å²) in [6.45, 7) is 4.70. The first kappa shape index (κ1) is 19.7. The molecule has 0 bridgehead atoms. The third-order valence-electron chi connectivity index (χ3n) is 9.57. The molecule has 0 heterocycles. The maximum atomic E-state index is 11.1. The van der Waals surface area contributed by atoms with E-state index in [1.165, 1.54) is 25.7 Å². The molecule has 0 radical (unpaired) electrons. The normalized spacial score (nSPS) is 50.4. The Morgan fingerprint density at radius 2 is 1.81 bits per heavy atom. The Balaban J connectivity index is 1.50. The summed E-state index contributed by atoms with van der Waals surface area (Å²) in [5, 5.41) is 30.3. The summed E-state index contributed by atoms with van der Waals surface area (Å²) >= 11 is 0. The van der Waals surface area contributed by atoms with E-state index in [9.17, 15) is 15.0 Å². The minimum Gasteiger partial charge on any atom is -0.481 e. The maximum Gasteiger partial charge on any atom is 0.303 e. The molecule has 4 heteroatoms. The van der Waals surface area contributed by atoms with Gasteiger partial charge in [-0.1, -0.05) is 13.8 Å². The Labute approximate surface area is 163 Å². The van der Waals surface area contributed by atoms with Gasteiger partial charge in [-0.15, -0.1) is 0 Å². The molecule has 0 aliphatic heterocycles. The lowest BCUT2D eigenvalue weighted by Crippen LogP contribution is -2.56. The van der Waals surface area contributed by atoms with Crippen molar-refractivity contribution in [3.05, 3.63) is 0 Å². The summed E-state index contributed by atoms with van der Waals surface area (Å²) < 4.78 is 0. The van der Waals surface area contributed by atoms with Crippen molar-refractivity contribution < 1.29 is 20.1 Å². The van der Waals surface area contributed by atoms with Crippen LogP contribution >= 0.6 is 0 Å². The zero-order chi connectivity index (χ0) is 19.3. The molecule has 0 amide bonds. The number of fused-ring (bicyclic) bond motifs is 5. The fourth-order valence-electron chi connectivity index (χ4n) is 8.19. The van der Waals surface area contributed by atoms with Crippen LogP contribution in [0.1, 0.15) is 78.1 Å². The Bertz CT molecular complexity index is 563. The van der Waals surface area contributed by atoms with Crippen LogP contribution in [0.2, 0.25) is 0 Å². The van der Waals surface area contributed by atoms with Crippen LogP contribution in [0, 0.1) is 46.8 Å². The molecule has 154 valence electrons. The van der Waals surface area contributed by atoms with Crippen LogP contribution in [-0.4, -0.2) is 33.5 Å². The summed E-state index contributed by atoms with van der Waals surface area (Å²) in [4.78, 5) is 11.0. The molecule has 4 fully saturated rings. The molecule has 4 aliphatic carbocycles. The molecule has 4 saturated carbocycles. The van der Waals surface area contributed by atoms with Gasteiger partial charge in [-0.25, -0.2) is 0 Å². The van der Waals surface area contributed by atoms with E-state index in [4.69, 9.17) is 5.11 Å². The fraction of sp³-hybridized carbons (Fsp3) is 0.957. The van der Waals surface area contributed by atoms with E-state index in [1.807, 2.05) is 0 Å². The van der Waals surface area contributed by atoms with Crippen LogP contribution < -0.4 is 0 Å². The molecule has 0 aromatic rings. The van der Waals surface area contributed by atoms with Crippen LogP contribution in [0.3, 0.4) is 0 Å². The lowest BCUT2D eigenvalue weighted by atomic mass is 9.46. The Kier molecular flexibility index (Phi) is 5.35. The average Bonchev–Trinajstić information content (AvgIpc) is 3.05. The van der Waals surface area contributed by atoms with E-state index >= 15 is 0 Å². The summed E-state index contributed by atoms with van der Waals surface area (Å²) in [7, 11) is 0. The van der Waals surface area contributed by atoms with Crippen molar-refractivity contribution in [1.82, 2.24) is 0 Å². The van der Waals surface area contributed by atoms with E-state index in [-0.39, 0.29) is 18.6 Å². The summed E-state index contributed by atoms with van der Waals surface area (Å²) in [5.74, 6) is 3.24. The molecular formula is C23H38O4. The summed E-state index contributed by atoms with van der Waals surface area (Å²) in [6.07, 6.45) is 9.38. The molecule has 0 saturated heterocycles. The maximum absolute atomic E-state index is 11.1. The van der Waals surface area contributed by atoms with E-state index < -0.39 is 5.97 Å². The topological polar surface area (TPSA) is 77.8 Å². The number of rotatable bonds is 4. The van der Waals surface area contributed by atoms with E-state index in [2.05, 4.69) is 13.8 Å². The molecule has 10 atom stereocenters. The van der Waals surface area contributed by atoms with Gasteiger partial charge in [0, 0.05) is 6.42 Å². The van der Waals surface area contributed by atoms with Gasteiger partial charge in [-0.2, -0.15) is 0 Å². The standard InChI is InChI=1S/C23H38O4/c1-13(3-8-21(26)27)16-4-5-18-17(16)6-7-19-22(18)20(25)12-14-11-15(24)9-10-23(14,19)2/h13-20,22,24-25H,3-12H2,1-2H3,(H,26,27)/t13-,14+,15-,16-,17-,18?,19?,20-,22+,23+/m1/s1. The second-order valence-corrected chi connectivity index (χ2v) is 10.7. The summed E-state index contributed by atoms with van der Waals surface area (Å²) in [5.41, 5.74) is 0.293. The van der Waals surface area contributed by atoms with Gasteiger partial charge in [-0.05, 0) is 105 Å². The number of aliphatic hydroxyl groups excluding tert-OH is 2. The van der Waals surface area contributed by atoms with Crippen molar-refractivity contribution in [3.8, 4) is 0 Å². The van der Waals surface area contributed by atoms with Crippen LogP contribution in [0.4, 0.5) is 0 Å². The third-order valence-corrected chi connectivity index (χ3v) is 9.57. The molecule has 0 spiro atoms. The molecular weight excluding hydrogens is 340 g/mol. The SMILES string of the molecule is C[C@H](CCC(=O)O)[C@H]1CCC2[C@H]3C(CC[C@@H]21)[C@@]1(C)CC[C@@H](O)C[C@H]1C[C@H]3O. The highest BCUT2D eigenvalue weighted by molar-refractivity contribution is 5.66. The fourth-order valence-corrected chi connectivity index (χ4v) is 8.19. The quantitative estimate of drug-likeness (QED) is 0.688. The minimum atomic E-state index is -0.679. The van der Waals surface area contributed by atoms with Gasteiger partial charge in [0.2, 0.25) is 0 Å². The number of carbonyl (C=O) groups is 1. The van der Waals surface area contributed by atoms with Crippen molar-refractivity contribution in [3.63, 3.8) is 0 Å². The van der Waals surface area contributed by atoms with Crippen LogP contribution in [0.25, 0.3) is 0 Å². The second kappa shape index (κ2) is 7.33. The zero-order valence-electron chi connectivity index (χ0n) is 17.0. The smallest absolute Gasteiger partial charge is 0.303 e. The monoisotopic (exact) mass is 378 g/mol. The molecule has 27 heavy (non-hydrogen) atoms. The van der Waals surface area contributed by atoms with Gasteiger partial charge in [0.15, 0.2) is 0 Å². The van der Waals surface area contributed by atoms with Gasteiger partial charge in [0.1, 0.15) is 0 Å². The number of carboxylic acid groups (broad SMARTS) is 1. The molecule has 0 aromatic heterocycles. The Hall–Kier alpha value is -0.610. The van der Waals surface area contributed by atoms with Crippen molar-refractivity contribution in [1.29, 1.82) is 0 Å². The van der Waals surface area contributed by atoms with Gasteiger partial charge < -0.3 is 15.3 Å². The molecule has 2 unspecified atom stereocenters. The van der Waals surface area contributed by atoms with Crippen LogP contribution in [-0.2, 0) is 4.79 Å². The van der Waals surface area contributed by atoms with Crippen molar-refractivity contribution in [2.24, 2.45) is 46.8 Å². The Morgan fingerprint density at radius 1 is 1.07 bits per heavy atom. The highest BCUT2D eigenvalue weighted by Gasteiger charge is 2.59. The predicted octanol–water partition coefficient (Wildman–Crippen LogP) is 4.09. The molecule has 0 aromatic carbocycles. The van der Waals surface area contributed by atoms with Gasteiger partial charge in [0.25, 0.3) is 0 Å². The van der Waals surface area contributed by atoms with Crippen molar-refractivity contribution in [2.75, 3.05) is 0 Å². The lowest BCUT2D eigenvalue weighted by molar-refractivity contribution is -0.158.